The highest BCUT2D eigenvalue weighted by molar-refractivity contribution is 5.10. The molecule has 1 aliphatic rings. The first-order valence-corrected chi connectivity index (χ1v) is 5.25. The van der Waals surface area contributed by atoms with Crippen LogP contribution >= 0.6 is 0 Å². The van der Waals surface area contributed by atoms with Gasteiger partial charge in [0, 0.05) is 37.4 Å². The largest absolute Gasteiger partial charge is 0.258 e. The molecule has 1 fully saturated rings. The van der Waals surface area contributed by atoms with E-state index < -0.39 is 0 Å². The van der Waals surface area contributed by atoms with Gasteiger partial charge in [-0.2, -0.15) is 0 Å². The lowest BCUT2D eigenvalue weighted by Crippen LogP contribution is -2.32. The van der Waals surface area contributed by atoms with Crippen molar-refractivity contribution >= 4 is 0 Å². The van der Waals surface area contributed by atoms with Crippen LogP contribution in [0, 0.1) is 6.92 Å². The fourth-order valence-corrected chi connectivity index (χ4v) is 1.77. The maximum atomic E-state index is 4.48. The van der Waals surface area contributed by atoms with Crippen molar-refractivity contribution in [2.24, 2.45) is 0 Å². The molecule has 0 saturated carbocycles. The van der Waals surface area contributed by atoms with Gasteiger partial charge in [0.2, 0.25) is 0 Å². The summed E-state index contributed by atoms with van der Waals surface area (Å²) >= 11 is 0. The molecule has 1 N–H and O–H groups in total. The zero-order valence-electron chi connectivity index (χ0n) is 8.66. The average molecular weight is 191 g/mol. The fourth-order valence-electron chi connectivity index (χ4n) is 1.77. The van der Waals surface area contributed by atoms with Gasteiger partial charge in [-0.05, 0) is 25.5 Å². The summed E-state index contributed by atoms with van der Waals surface area (Å²) in [5, 5.41) is 2.28. The Labute approximate surface area is 85.1 Å². The first kappa shape index (κ1) is 9.62. The zero-order chi connectivity index (χ0) is 9.80. The van der Waals surface area contributed by atoms with E-state index in [0.29, 0.717) is 0 Å². The molecular formula is C11H17N3. The number of aryl methyl sites for hydroxylation is 1. The third-order valence-corrected chi connectivity index (χ3v) is 2.52. The van der Waals surface area contributed by atoms with E-state index in [1.165, 1.54) is 18.7 Å². The smallest absolute Gasteiger partial charge is 0.0420 e. The third kappa shape index (κ3) is 2.53. The maximum Gasteiger partial charge on any atom is 0.0420 e. The van der Waals surface area contributed by atoms with E-state index in [2.05, 4.69) is 27.6 Å². The Balaban J connectivity index is 1.85. The van der Waals surface area contributed by atoms with Gasteiger partial charge in [-0.25, -0.2) is 5.01 Å². The number of hydrogen-bond acceptors (Lipinski definition) is 3. The van der Waals surface area contributed by atoms with Gasteiger partial charge >= 0.3 is 0 Å². The Morgan fingerprint density at radius 1 is 1.50 bits per heavy atom. The van der Waals surface area contributed by atoms with Crippen LogP contribution in [0.25, 0.3) is 0 Å². The van der Waals surface area contributed by atoms with Crippen molar-refractivity contribution in [1.82, 2.24) is 15.4 Å². The normalized spacial score (nSPS) is 17.5. The summed E-state index contributed by atoms with van der Waals surface area (Å²) in [7, 11) is 0. The van der Waals surface area contributed by atoms with E-state index in [9.17, 15) is 0 Å². The molecule has 1 aromatic rings. The van der Waals surface area contributed by atoms with Crippen LogP contribution < -0.4 is 5.43 Å². The molecular weight excluding hydrogens is 174 g/mol. The van der Waals surface area contributed by atoms with E-state index in [1.54, 1.807) is 0 Å². The van der Waals surface area contributed by atoms with Gasteiger partial charge < -0.3 is 0 Å². The van der Waals surface area contributed by atoms with Gasteiger partial charge in [0.15, 0.2) is 0 Å². The SMILES string of the molecule is Cc1cccc(CCN2CCCN2)n1. The second kappa shape index (κ2) is 4.53. The number of aromatic nitrogens is 1. The highest BCUT2D eigenvalue weighted by Crippen LogP contribution is 2.02. The number of nitrogens with one attached hydrogen (secondary N) is 1. The van der Waals surface area contributed by atoms with Gasteiger partial charge in [-0.15, -0.1) is 0 Å². The minimum Gasteiger partial charge on any atom is -0.258 e. The van der Waals surface area contributed by atoms with Crippen molar-refractivity contribution < 1.29 is 0 Å². The van der Waals surface area contributed by atoms with Crippen LogP contribution in [-0.4, -0.2) is 29.6 Å². The molecule has 1 aliphatic heterocycles. The molecule has 2 rings (SSSR count). The van der Waals surface area contributed by atoms with Crippen LogP contribution in [-0.2, 0) is 6.42 Å². The molecule has 1 saturated heterocycles. The summed E-state index contributed by atoms with van der Waals surface area (Å²) in [6.45, 7) is 5.40. The molecule has 0 radical (unpaired) electrons. The molecule has 2 heterocycles. The summed E-state index contributed by atoms with van der Waals surface area (Å²) in [5.41, 5.74) is 5.65. The monoisotopic (exact) mass is 191 g/mol. The van der Waals surface area contributed by atoms with Gasteiger partial charge in [0.25, 0.3) is 0 Å². The highest BCUT2D eigenvalue weighted by Gasteiger charge is 2.09. The molecule has 0 unspecified atom stereocenters. The van der Waals surface area contributed by atoms with Crippen LogP contribution in [0.4, 0.5) is 0 Å². The Morgan fingerprint density at radius 2 is 2.43 bits per heavy atom. The predicted octanol–water partition coefficient (Wildman–Crippen LogP) is 1.14. The van der Waals surface area contributed by atoms with Crippen LogP contribution in [0.1, 0.15) is 17.8 Å². The highest BCUT2D eigenvalue weighted by atomic mass is 15.5. The quantitative estimate of drug-likeness (QED) is 0.776. The molecule has 3 nitrogen and oxygen atoms in total. The van der Waals surface area contributed by atoms with Crippen LogP contribution in [0.2, 0.25) is 0 Å². The Bertz CT molecular complexity index is 292. The Kier molecular flexibility index (Phi) is 3.11. The molecule has 0 atom stereocenters. The number of hydrogen-bond donors (Lipinski definition) is 1. The van der Waals surface area contributed by atoms with Gasteiger partial charge in [0.1, 0.15) is 0 Å². The first-order valence-electron chi connectivity index (χ1n) is 5.25. The van der Waals surface area contributed by atoms with Crippen LogP contribution in [0.3, 0.4) is 0 Å². The maximum absolute atomic E-state index is 4.48. The van der Waals surface area contributed by atoms with E-state index in [1.807, 2.05) is 13.0 Å². The van der Waals surface area contributed by atoms with E-state index in [4.69, 9.17) is 0 Å². The van der Waals surface area contributed by atoms with Crippen molar-refractivity contribution in [2.75, 3.05) is 19.6 Å². The summed E-state index contributed by atoms with van der Waals surface area (Å²) in [6.07, 6.45) is 2.30. The molecule has 76 valence electrons. The molecule has 0 aliphatic carbocycles. The standard InChI is InChI=1S/C11H17N3/c1-10-4-2-5-11(13-10)6-9-14-8-3-7-12-14/h2,4-5,12H,3,6-9H2,1H3. The summed E-state index contributed by atoms with van der Waals surface area (Å²) in [4.78, 5) is 4.48. The number of pyridine rings is 1. The average Bonchev–Trinajstić information content (AvgIpc) is 2.67. The third-order valence-electron chi connectivity index (χ3n) is 2.52. The van der Waals surface area contributed by atoms with Crippen LogP contribution in [0.15, 0.2) is 18.2 Å². The molecule has 14 heavy (non-hydrogen) atoms. The molecule has 0 amide bonds. The van der Waals surface area contributed by atoms with Crippen molar-refractivity contribution in [1.29, 1.82) is 0 Å². The lowest BCUT2D eigenvalue weighted by molar-refractivity contribution is 0.256. The van der Waals surface area contributed by atoms with Crippen molar-refractivity contribution in [3.63, 3.8) is 0 Å². The number of hydrazine groups is 1. The fraction of sp³-hybridized carbons (Fsp3) is 0.545. The van der Waals surface area contributed by atoms with E-state index in [-0.39, 0.29) is 0 Å². The summed E-state index contributed by atoms with van der Waals surface area (Å²) in [6, 6.07) is 6.22. The van der Waals surface area contributed by atoms with Crippen molar-refractivity contribution in [3.05, 3.63) is 29.6 Å². The van der Waals surface area contributed by atoms with Crippen molar-refractivity contribution in [3.8, 4) is 0 Å². The lowest BCUT2D eigenvalue weighted by Gasteiger charge is -2.14. The topological polar surface area (TPSA) is 28.2 Å². The molecule has 1 aromatic heterocycles. The van der Waals surface area contributed by atoms with Crippen LogP contribution in [0.5, 0.6) is 0 Å². The zero-order valence-corrected chi connectivity index (χ0v) is 8.66. The van der Waals surface area contributed by atoms with Gasteiger partial charge in [0.05, 0.1) is 0 Å². The predicted molar refractivity (Wildman–Crippen MR) is 56.9 cm³/mol. The van der Waals surface area contributed by atoms with Gasteiger partial charge in [-0.1, -0.05) is 6.07 Å². The molecule has 3 heteroatoms. The minimum absolute atomic E-state index is 1.04. The second-order valence-electron chi connectivity index (χ2n) is 3.77. The van der Waals surface area contributed by atoms with E-state index in [0.717, 1.165) is 25.2 Å². The van der Waals surface area contributed by atoms with E-state index >= 15 is 0 Å². The molecule has 0 aromatic carbocycles. The minimum atomic E-state index is 1.04. The molecule has 0 spiro atoms. The number of rotatable bonds is 3. The van der Waals surface area contributed by atoms with Crippen molar-refractivity contribution in [2.45, 2.75) is 19.8 Å². The summed E-state index contributed by atoms with van der Waals surface area (Å²) < 4.78 is 0. The van der Waals surface area contributed by atoms with Gasteiger partial charge in [-0.3, -0.25) is 10.4 Å². The summed E-state index contributed by atoms with van der Waals surface area (Å²) in [5.74, 6) is 0. The number of nitrogens with zero attached hydrogens (tertiary/aromatic N) is 2. The lowest BCUT2D eigenvalue weighted by atomic mass is 10.2. The molecule has 0 bridgehead atoms. The first-order chi connectivity index (χ1) is 6.84. The Hall–Kier alpha value is -0.930. The Morgan fingerprint density at radius 3 is 3.14 bits per heavy atom. The second-order valence-corrected chi connectivity index (χ2v) is 3.77.